The normalized spacial score (nSPS) is 17.6. The SMILES string of the molecule is Cc1ncc(Cl)cc1NCc1ncc(C(=O)N[C@@H](CC2CCCCC2)C(=O)NC2CC2)s1. The van der Waals surface area contributed by atoms with Gasteiger partial charge in [-0.25, -0.2) is 4.98 Å². The second-order valence-corrected chi connectivity index (χ2v) is 10.4. The molecular formula is C23H30ClN5O2S. The third-order valence-corrected chi connectivity index (χ3v) is 7.30. The molecule has 2 saturated carbocycles. The van der Waals surface area contributed by atoms with Crippen LogP contribution >= 0.6 is 22.9 Å². The van der Waals surface area contributed by atoms with Gasteiger partial charge in [0.1, 0.15) is 15.9 Å². The minimum absolute atomic E-state index is 0.0539. The number of nitrogens with one attached hydrogen (secondary N) is 3. The summed E-state index contributed by atoms with van der Waals surface area (Å²) in [5.74, 6) is 0.206. The Bertz CT molecular complexity index is 956. The molecule has 9 heteroatoms. The number of anilines is 1. The van der Waals surface area contributed by atoms with Crippen LogP contribution in [0.5, 0.6) is 0 Å². The third-order valence-electron chi connectivity index (χ3n) is 6.10. The first-order valence-electron chi connectivity index (χ1n) is 11.4. The lowest BCUT2D eigenvalue weighted by molar-refractivity contribution is -0.123. The number of thiazole rings is 1. The lowest BCUT2D eigenvalue weighted by atomic mass is 9.84. The molecule has 7 nitrogen and oxygen atoms in total. The zero-order chi connectivity index (χ0) is 22.5. The predicted molar refractivity (Wildman–Crippen MR) is 127 cm³/mol. The summed E-state index contributed by atoms with van der Waals surface area (Å²) in [6.07, 6.45) is 11.9. The van der Waals surface area contributed by atoms with E-state index >= 15 is 0 Å². The minimum Gasteiger partial charge on any atom is -0.377 e. The fourth-order valence-corrected chi connectivity index (χ4v) is 5.02. The summed E-state index contributed by atoms with van der Waals surface area (Å²) in [7, 11) is 0. The van der Waals surface area contributed by atoms with E-state index in [1.54, 1.807) is 12.4 Å². The Kier molecular flexibility index (Phi) is 7.63. The maximum Gasteiger partial charge on any atom is 0.263 e. The van der Waals surface area contributed by atoms with Crippen molar-refractivity contribution in [2.75, 3.05) is 5.32 Å². The van der Waals surface area contributed by atoms with Gasteiger partial charge >= 0.3 is 0 Å². The lowest BCUT2D eigenvalue weighted by Gasteiger charge is -2.26. The molecule has 2 heterocycles. The second kappa shape index (κ2) is 10.6. The molecular weight excluding hydrogens is 446 g/mol. The molecule has 2 aromatic rings. The number of nitrogens with zero attached hydrogens (tertiary/aromatic N) is 2. The summed E-state index contributed by atoms with van der Waals surface area (Å²) >= 11 is 7.35. The van der Waals surface area contributed by atoms with Gasteiger partial charge in [0.15, 0.2) is 0 Å². The van der Waals surface area contributed by atoms with Crippen LogP contribution in [0.3, 0.4) is 0 Å². The van der Waals surface area contributed by atoms with Crippen LogP contribution < -0.4 is 16.0 Å². The molecule has 0 radical (unpaired) electrons. The van der Waals surface area contributed by atoms with Crippen LogP contribution in [0.15, 0.2) is 18.5 Å². The molecule has 1 atom stereocenters. The van der Waals surface area contributed by atoms with Crippen LogP contribution in [0.2, 0.25) is 5.02 Å². The zero-order valence-corrected chi connectivity index (χ0v) is 19.9. The first kappa shape index (κ1) is 23.0. The Morgan fingerprint density at radius 1 is 1.16 bits per heavy atom. The van der Waals surface area contributed by atoms with Gasteiger partial charge in [0.25, 0.3) is 5.91 Å². The van der Waals surface area contributed by atoms with Crippen LogP contribution in [0.1, 0.15) is 71.7 Å². The number of hydrogen-bond donors (Lipinski definition) is 3. The molecule has 2 aliphatic carbocycles. The van der Waals surface area contributed by atoms with Gasteiger partial charge in [-0.05, 0) is 38.2 Å². The Labute approximate surface area is 197 Å². The van der Waals surface area contributed by atoms with E-state index in [4.69, 9.17) is 11.6 Å². The quantitative estimate of drug-likeness (QED) is 0.497. The van der Waals surface area contributed by atoms with Crippen LogP contribution in [0, 0.1) is 12.8 Å². The van der Waals surface area contributed by atoms with E-state index in [1.165, 1.54) is 30.6 Å². The number of aromatic nitrogens is 2. The highest BCUT2D eigenvalue weighted by Gasteiger charge is 2.31. The number of rotatable bonds is 9. The summed E-state index contributed by atoms with van der Waals surface area (Å²) in [6.45, 7) is 2.37. The monoisotopic (exact) mass is 475 g/mol. The largest absolute Gasteiger partial charge is 0.377 e. The van der Waals surface area contributed by atoms with Gasteiger partial charge in [-0.2, -0.15) is 0 Å². The van der Waals surface area contributed by atoms with E-state index in [1.807, 2.05) is 13.0 Å². The number of hydrogen-bond acceptors (Lipinski definition) is 6. The van der Waals surface area contributed by atoms with Crippen molar-refractivity contribution in [3.8, 4) is 0 Å². The first-order valence-corrected chi connectivity index (χ1v) is 12.6. The molecule has 2 fully saturated rings. The van der Waals surface area contributed by atoms with Crippen LogP contribution in [-0.2, 0) is 11.3 Å². The van der Waals surface area contributed by atoms with Gasteiger partial charge in [0.05, 0.1) is 29.1 Å². The van der Waals surface area contributed by atoms with E-state index in [9.17, 15) is 9.59 Å². The fourth-order valence-electron chi connectivity index (χ4n) is 4.10. The molecule has 3 N–H and O–H groups in total. The van der Waals surface area contributed by atoms with Crippen molar-refractivity contribution in [3.05, 3.63) is 39.1 Å². The standard InChI is InChI=1S/C23H30ClN5O2S/c1-14-18(10-16(24)11-25-14)26-13-21-27-12-20(32-21)23(31)29-19(22(30)28-17-7-8-17)9-15-5-3-2-4-6-15/h10-12,15,17,19,26H,2-9,13H2,1H3,(H,28,30)(H,29,31)/t19-/m0/s1. The average Bonchev–Trinajstić information content (AvgIpc) is 3.47. The summed E-state index contributed by atoms with van der Waals surface area (Å²) in [6, 6.07) is 1.60. The highest BCUT2D eigenvalue weighted by Crippen LogP contribution is 2.28. The molecule has 2 aliphatic rings. The Balaban J connectivity index is 1.36. The highest BCUT2D eigenvalue weighted by molar-refractivity contribution is 7.13. The van der Waals surface area contributed by atoms with E-state index in [0.717, 1.165) is 42.1 Å². The summed E-state index contributed by atoms with van der Waals surface area (Å²) in [5.41, 5.74) is 1.68. The average molecular weight is 476 g/mol. The summed E-state index contributed by atoms with van der Waals surface area (Å²) in [4.78, 5) is 34.8. The third kappa shape index (κ3) is 6.42. The van der Waals surface area contributed by atoms with Crippen molar-refractivity contribution in [2.24, 2.45) is 5.92 Å². The smallest absolute Gasteiger partial charge is 0.263 e. The number of amides is 2. The van der Waals surface area contributed by atoms with Gasteiger partial charge < -0.3 is 16.0 Å². The molecule has 0 unspecified atom stereocenters. The van der Waals surface area contributed by atoms with Crippen molar-refractivity contribution in [1.82, 2.24) is 20.6 Å². The molecule has 172 valence electrons. The van der Waals surface area contributed by atoms with Crippen molar-refractivity contribution in [2.45, 2.75) is 76.9 Å². The molecule has 0 aromatic carbocycles. The zero-order valence-electron chi connectivity index (χ0n) is 18.3. The highest BCUT2D eigenvalue weighted by atomic mass is 35.5. The van der Waals surface area contributed by atoms with Crippen LogP contribution in [0.4, 0.5) is 5.69 Å². The molecule has 0 aliphatic heterocycles. The molecule has 4 rings (SSSR count). The maximum absolute atomic E-state index is 12.9. The minimum atomic E-state index is -0.491. The van der Waals surface area contributed by atoms with E-state index in [-0.39, 0.29) is 17.9 Å². The number of halogens is 1. The van der Waals surface area contributed by atoms with Crippen molar-refractivity contribution in [3.63, 3.8) is 0 Å². The van der Waals surface area contributed by atoms with Crippen molar-refractivity contribution >= 4 is 40.4 Å². The summed E-state index contributed by atoms with van der Waals surface area (Å²) in [5, 5.41) is 10.7. The second-order valence-electron chi connectivity index (χ2n) is 8.81. The fraction of sp³-hybridized carbons (Fsp3) is 0.565. The topological polar surface area (TPSA) is 96.0 Å². The van der Waals surface area contributed by atoms with Gasteiger partial charge in [0, 0.05) is 12.2 Å². The van der Waals surface area contributed by atoms with E-state index in [2.05, 4.69) is 25.9 Å². The van der Waals surface area contributed by atoms with Gasteiger partial charge in [-0.15, -0.1) is 11.3 Å². The molecule has 0 bridgehead atoms. The number of pyridine rings is 1. The molecule has 2 amide bonds. The molecule has 0 spiro atoms. The van der Waals surface area contributed by atoms with Gasteiger partial charge in [0.2, 0.25) is 5.91 Å². The Hall–Kier alpha value is -2.19. The van der Waals surface area contributed by atoms with Gasteiger partial charge in [-0.3, -0.25) is 14.6 Å². The number of carbonyl (C=O) groups is 2. The van der Waals surface area contributed by atoms with Crippen LogP contribution in [-0.4, -0.2) is 33.9 Å². The van der Waals surface area contributed by atoms with Crippen molar-refractivity contribution < 1.29 is 9.59 Å². The first-order chi connectivity index (χ1) is 15.5. The number of carbonyl (C=O) groups excluding carboxylic acids is 2. The predicted octanol–water partition coefficient (Wildman–Crippen LogP) is 4.46. The maximum atomic E-state index is 12.9. The Morgan fingerprint density at radius 2 is 1.94 bits per heavy atom. The molecule has 0 saturated heterocycles. The molecule has 32 heavy (non-hydrogen) atoms. The number of aryl methyl sites for hydroxylation is 1. The Morgan fingerprint density at radius 3 is 2.69 bits per heavy atom. The summed E-state index contributed by atoms with van der Waals surface area (Å²) < 4.78 is 0. The molecule has 2 aromatic heterocycles. The van der Waals surface area contributed by atoms with E-state index in [0.29, 0.717) is 28.8 Å². The van der Waals surface area contributed by atoms with Gasteiger partial charge in [-0.1, -0.05) is 43.7 Å². The lowest BCUT2D eigenvalue weighted by Crippen LogP contribution is -2.48. The van der Waals surface area contributed by atoms with E-state index < -0.39 is 6.04 Å². The van der Waals surface area contributed by atoms with Crippen molar-refractivity contribution in [1.29, 1.82) is 0 Å². The van der Waals surface area contributed by atoms with Crippen LogP contribution in [0.25, 0.3) is 0 Å².